The number of nitrogens with one attached hydrogen (secondary N) is 1. The zero-order chi connectivity index (χ0) is 16.9. The minimum atomic E-state index is -0.0561. The van der Waals surface area contributed by atoms with Gasteiger partial charge >= 0.3 is 0 Å². The standard InChI is InChI=1S/C18H23N3O2S/c1-2-23-15-8-6-14(7-9-15)12-16-17(22)21(18(24)19-16)13-20-10-4-3-5-11-20/h6-9,12H,2-5,10-11,13H2,1H3,(H,19,24)/b16-12+. The molecular formula is C18H23N3O2S. The highest BCUT2D eigenvalue weighted by Crippen LogP contribution is 2.18. The normalized spacial score (nSPS) is 20.5. The van der Waals surface area contributed by atoms with Crippen molar-refractivity contribution in [2.24, 2.45) is 0 Å². The lowest BCUT2D eigenvalue weighted by molar-refractivity contribution is -0.123. The number of benzene rings is 1. The molecule has 24 heavy (non-hydrogen) atoms. The van der Waals surface area contributed by atoms with E-state index in [0.29, 0.717) is 24.1 Å². The van der Waals surface area contributed by atoms with Crippen molar-refractivity contribution in [2.45, 2.75) is 26.2 Å². The van der Waals surface area contributed by atoms with E-state index in [-0.39, 0.29) is 5.91 Å². The maximum atomic E-state index is 12.6. The Bertz CT molecular complexity index is 636. The number of carbonyl (C=O) groups is 1. The molecule has 0 bridgehead atoms. The van der Waals surface area contributed by atoms with Gasteiger partial charge in [-0.05, 0) is 68.8 Å². The predicted molar refractivity (Wildman–Crippen MR) is 98.5 cm³/mol. The third-order valence-corrected chi connectivity index (χ3v) is 4.58. The van der Waals surface area contributed by atoms with Crippen LogP contribution in [-0.4, -0.2) is 47.2 Å². The quantitative estimate of drug-likeness (QED) is 0.656. The molecule has 5 nitrogen and oxygen atoms in total. The number of ether oxygens (including phenoxy) is 1. The highest BCUT2D eigenvalue weighted by Gasteiger charge is 2.32. The van der Waals surface area contributed by atoms with Crippen molar-refractivity contribution in [3.05, 3.63) is 35.5 Å². The van der Waals surface area contributed by atoms with E-state index in [0.717, 1.165) is 24.4 Å². The van der Waals surface area contributed by atoms with Crippen LogP contribution in [0.3, 0.4) is 0 Å². The second-order valence-corrected chi connectivity index (χ2v) is 6.43. The van der Waals surface area contributed by atoms with Crippen molar-refractivity contribution < 1.29 is 9.53 Å². The van der Waals surface area contributed by atoms with Gasteiger partial charge in [-0.1, -0.05) is 18.6 Å². The fourth-order valence-electron chi connectivity index (χ4n) is 2.99. The van der Waals surface area contributed by atoms with Crippen LogP contribution < -0.4 is 10.1 Å². The van der Waals surface area contributed by atoms with E-state index in [9.17, 15) is 4.79 Å². The van der Waals surface area contributed by atoms with Crippen LogP contribution >= 0.6 is 12.2 Å². The molecule has 1 amide bonds. The molecule has 128 valence electrons. The first-order chi connectivity index (χ1) is 11.7. The van der Waals surface area contributed by atoms with Gasteiger partial charge in [-0.15, -0.1) is 0 Å². The summed E-state index contributed by atoms with van der Waals surface area (Å²) in [4.78, 5) is 16.6. The van der Waals surface area contributed by atoms with E-state index < -0.39 is 0 Å². The number of nitrogens with zero attached hydrogens (tertiary/aromatic N) is 2. The van der Waals surface area contributed by atoms with Gasteiger partial charge in [0.25, 0.3) is 5.91 Å². The van der Waals surface area contributed by atoms with Gasteiger partial charge in [0.15, 0.2) is 5.11 Å². The minimum absolute atomic E-state index is 0.0561. The molecule has 0 saturated carbocycles. The summed E-state index contributed by atoms with van der Waals surface area (Å²) in [5.41, 5.74) is 1.47. The van der Waals surface area contributed by atoms with Crippen molar-refractivity contribution in [2.75, 3.05) is 26.4 Å². The van der Waals surface area contributed by atoms with Crippen LogP contribution in [0.1, 0.15) is 31.7 Å². The molecule has 2 aliphatic rings. The number of thiocarbonyl (C=S) groups is 1. The van der Waals surface area contributed by atoms with Gasteiger partial charge in [-0.3, -0.25) is 14.6 Å². The average Bonchev–Trinajstić information content (AvgIpc) is 2.85. The summed E-state index contributed by atoms with van der Waals surface area (Å²) in [6, 6.07) is 7.67. The molecule has 1 aromatic rings. The largest absolute Gasteiger partial charge is 0.494 e. The lowest BCUT2D eigenvalue weighted by atomic mass is 10.1. The molecule has 6 heteroatoms. The second kappa shape index (κ2) is 7.77. The van der Waals surface area contributed by atoms with E-state index in [2.05, 4.69) is 10.2 Å². The topological polar surface area (TPSA) is 44.8 Å². The van der Waals surface area contributed by atoms with Crippen LogP contribution in [0.25, 0.3) is 6.08 Å². The molecule has 2 aliphatic heterocycles. The van der Waals surface area contributed by atoms with Gasteiger partial charge in [-0.25, -0.2) is 0 Å². The van der Waals surface area contributed by atoms with Gasteiger partial charge < -0.3 is 10.1 Å². The maximum Gasteiger partial charge on any atom is 0.277 e. The maximum absolute atomic E-state index is 12.6. The number of likely N-dealkylation sites (tertiary alicyclic amines) is 1. The molecule has 0 atom stereocenters. The summed E-state index contributed by atoms with van der Waals surface area (Å²) in [5, 5.41) is 3.53. The van der Waals surface area contributed by atoms with Crippen LogP contribution in [0.4, 0.5) is 0 Å². The van der Waals surface area contributed by atoms with Crippen LogP contribution in [0.15, 0.2) is 30.0 Å². The second-order valence-electron chi connectivity index (χ2n) is 6.04. The molecule has 2 saturated heterocycles. The fourth-order valence-corrected chi connectivity index (χ4v) is 3.25. The Balaban J connectivity index is 1.68. The Labute approximate surface area is 148 Å². The molecule has 3 rings (SSSR count). The first-order valence-corrected chi connectivity index (χ1v) is 8.88. The van der Waals surface area contributed by atoms with E-state index in [1.807, 2.05) is 37.3 Å². The third kappa shape index (κ3) is 3.94. The van der Waals surface area contributed by atoms with Crippen molar-refractivity contribution in [3.63, 3.8) is 0 Å². The zero-order valence-electron chi connectivity index (χ0n) is 14.0. The molecule has 0 radical (unpaired) electrons. The fraction of sp³-hybridized carbons (Fsp3) is 0.444. The smallest absolute Gasteiger partial charge is 0.277 e. The van der Waals surface area contributed by atoms with E-state index >= 15 is 0 Å². The van der Waals surface area contributed by atoms with Gasteiger partial charge in [-0.2, -0.15) is 0 Å². The van der Waals surface area contributed by atoms with Gasteiger partial charge in [0.1, 0.15) is 11.4 Å². The van der Waals surface area contributed by atoms with Crippen LogP contribution in [0, 0.1) is 0 Å². The first kappa shape index (κ1) is 16.9. The van der Waals surface area contributed by atoms with Gasteiger partial charge in [0.2, 0.25) is 0 Å². The molecule has 0 aliphatic carbocycles. The number of hydrogen-bond acceptors (Lipinski definition) is 4. The van der Waals surface area contributed by atoms with Gasteiger partial charge in [0, 0.05) is 0 Å². The van der Waals surface area contributed by atoms with Crippen LogP contribution in [-0.2, 0) is 4.79 Å². The number of rotatable bonds is 5. The third-order valence-electron chi connectivity index (χ3n) is 4.25. The molecule has 1 N–H and O–H groups in total. The van der Waals surface area contributed by atoms with Crippen molar-refractivity contribution in [1.29, 1.82) is 0 Å². The summed E-state index contributed by atoms with van der Waals surface area (Å²) in [6.07, 6.45) is 5.49. The number of hydrogen-bond donors (Lipinski definition) is 1. The highest BCUT2D eigenvalue weighted by molar-refractivity contribution is 7.80. The molecule has 1 aromatic carbocycles. The summed E-state index contributed by atoms with van der Waals surface area (Å²) < 4.78 is 5.43. The van der Waals surface area contributed by atoms with E-state index in [1.54, 1.807) is 4.90 Å². The Morgan fingerprint density at radius 3 is 2.58 bits per heavy atom. The number of amides is 1. The van der Waals surface area contributed by atoms with E-state index in [4.69, 9.17) is 17.0 Å². The molecule has 0 spiro atoms. The molecule has 2 fully saturated rings. The Morgan fingerprint density at radius 2 is 1.92 bits per heavy atom. The minimum Gasteiger partial charge on any atom is -0.494 e. The van der Waals surface area contributed by atoms with Gasteiger partial charge in [0.05, 0.1) is 13.3 Å². The Hall–Kier alpha value is -1.92. The monoisotopic (exact) mass is 345 g/mol. The number of piperidine rings is 1. The summed E-state index contributed by atoms with van der Waals surface area (Å²) in [5.74, 6) is 0.770. The SMILES string of the molecule is CCOc1ccc(/C=C2/NC(=S)N(CN3CCCCC3)C2=O)cc1. The molecule has 2 heterocycles. The van der Waals surface area contributed by atoms with E-state index in [1.165, 1.54) is 19.3 Å². The van der Waals surface area contributed by atoms with Crippen molar-refractivity contribution >= 4 is 29.3 Å². The van der Waals surface area contributed by atoms with Crippen LogP contribution in [0.5, 0.6) is 5.75 Å². The lowest BCUT2D eigenvalue weighted by Crippen LogP contribution is -2.43. The molecular weight excluding hydrogens is 322 g/mol. The number of carbonyl (C=O) groups excluding carboxylic acids is 1. The summed E-state index contributed by atoms with van der Waals surface area (Å²) in [6.45, 7) is 5.23. The Morgan fingerprint density at radius 1 is 1.21 bits per heavy atom. The highest BCUT2D eigenvalue weighted by atomic mass is 32.1. The van der Waals surface area contributed by atoms with Crippen molar-refractivity contribution in [1.82, 2.24) is 15.1 Å². The molecule has 0 aromatic heterocycles. The van der Waals surface area contributed by atoms with Crippen LogP contribution in [0.2, 0.25) is 0 Å². The molecule has 0 unspecified atom stereocenters. The summed E-state index contributed by atoms with van der Waals surface area (Å²) >= 11 is 5.34. The zero-order valence-corrected chi connectivity index (χ0v) is 14.8. The average molecular weight is 345 g/mol. The summed E-state index contributed by atoms with van der Waals surface area (Å²) in [7, 11) is 0. The Kier molecular flexibility index (Phi) is 5.48. The predicted octanol–water partition coefficient (Wildman–Crippen LogP) is 2.59. The lowest BCUT2D eigenvalue weighted by Gasteiger charge is -2.29. The first-order valence-electron chi connectivity index (χ1n) is 8.47. The van der Waals surface area contributed by atoms with Crippen molar-refractivity contribution in [3.8, 4) is 5.75 Å².